The Labute approximate surface area is 136 Å². The van der Waals surface area contributed by atoms with E-state index in [2.05, 4.69) is 21.2 Å². The molecule has 0 radical (unpaired) electrons. The number of alkyl halides is 1. The van der Waals surface area contributed by atoms with Crippen LogP contribution in [-0.2, 0) is 0 Å². The molecule has 0 aliphatic rings. The van der Waals surface area contributed by atoms with Gasteiger partial charge in [-0.05, 0) is 23.8 Å². The third-order valence-corrected chi connectivity index (χ3v) is 3.99. The van der Waals surface area contributed by atoms with Gasteiger partial charge >= 0.3 is 0 Å². The monoisotopic (exact) mass is 371 g/mol. The maximum absolute atomic E-state index is 12.0. The first kappa shape index (κ1) is 15.4. The molecular formula is C15H12BrCl2NO. The highest BCUT2D eigenvalue weighted by Crippen LogP contribution is 2.22. The molecule has 1 atom stereocenters. The zero-order valence-electron chi connectivity index (χ0n) is 10.4. The van der Waals surface area contributed by atoms with Crippen LogP contribution < -0.4 is 5.32 Å². The number of benzene rings is 2. The molecule has 0 fully saturated rings. The lowest BCUT2D eigenvalue weighted by Gasteiger charge is -2.12. The molecule has 2 nitrogen and oxygen atoms in total. The van der Waals surface area contributed by atoms with Crippen LogP contribution in [0, 0.1) is 0 Å². The molecule has 0 spiro atoms. The minimum atomic E-state index is -0.269. The van der Waals surface area contributed by atoms with Gasteiger partial charge in [-0.15, -0.1) is 11.6 Å². The summed E-state index contributed by atoms with van der Waals surface area (Å²) in [6.07, 6.45) is 0. The van der Waals surface area contributed by atoms with Crippen molar-refractivity contribution < 1.29 is 4.79 Å². The number of nitrogens with one attached hydrogen (secondary N) is 1. The summed E-state index contributed by atoms with van der Waals surface area (Å²) in [5, 5.41) is 2.92. The number of hydrogen-bond acceptors (Lipinski definition) is 1. The van der Waals surface area contributed by atoms with Crippen LogP contribution in [0.4, 0.5) is 0 Å². The first-order valence-corrected chi connectivity index (χ1v) is 7.61. The second-order valence-electron chi connectivity index (χ2n) is 4.21. The molecule has 0 saturated carbocycles. The first-order chi connectivity index (χ1) is 9.58. The third kappa shape index (κ3) is 3.98. The van der Waals surface area contributed by atoms with Crippen molar-refractivity contribution in [3.63, 3.8) is 0 Å². The average Bonchev–Trinajstić information content (AvgIpc) is 2.45. The first-order valence-electron chi connectivity index (χ1n) is 6.00. The highest BCUT2D eigenvalue weighted by molar-refractivity contribution is 9.10. The van der Waals surface area contributed by atoms with Crippen LogP contribution in [0.25, 0.3) is 0 Å². The van der Waals surface area contributed by atoms with Crippen LogP contribution in [0.2, 0.25) is 5.02 Å². The van der Waals surface area contributed by atoms with Crippen molar-refractivity contribution in [2.45, 2.75) is 5.38 Å². The Morgan fingerprint density at radius 2 is 1.90 bits per heavy atom. The minimum absolute atomic E-state index is 0.232. The fraction of sp³-hybridized carbons (Fsp3) is 0.133. The smallest absolute Gasteiger partial charge is 0.252 e. The van der Waals surface area contributed by atoms with E-state index in [1.165, 1.54) is 0 Å². The van der Waals surface area contributed by atoms with Gasteiger partial charge in [0.25, 0.3) is 5.91 Å². The molecular weight excluding hydrogens is 361 g/mol. The normalized spacial score (nSPS) is 11.9. The standard InChI is InChI=1S/C15H12BrCl2NO/c16-11-6-7-12(13(17)8-11)15(20)19-9-14(18)10-4-2-1-3-5-10/h1-8,14H,9H2,(H,19,20). The SMILES string of the molecule is O=C(NCC(Cl)c1ccccc1)c1ccc(Br)cc1Cl. The molecule has 1 unspecified atom stereocenters. The summed E-state index contributed by atoms with van der Waals surface area (Å²) in [7, 11) is 0. The van der Waals surface area contributed by atoms with Gasteiger partial charge in [0.15, 0.2) is 0 Å². The predicted octanol–water partition coefficient (Wildman–Crippen LogP) is 4.81. The average molecular weight is 373 g/mol. The van der Waals surface area contributed by atoms with Crippen LogP contribution >= 0.6 is 39.1 Å². The largest absolute Gasteiger partial charge is 0.350 e. The zero-order chi connectivity index (χ0) is 14.5. The number of hydrogen-bond donors (Lipinski definition) is 1. The molecule has 1 amide bonds. The van der Waals surface area contributed by atoms with E-state index in [9.17, 15) is 4.79 Å². The number of rotatable bonds is 4. The van der Waals surface area contributed by atoms with Crippen molar-refractivity contribution >= 4 is 45.0 Å². The van der Waals surface area contributed by atoms with E-state index in [4.69, 9.17) is 23.2 Å². The molecule has 104 valence electrons. The summed E-state index contributed by atoms with van der Waals surface area (Å²) in [5.41, 5.74) is 1.41. The topological polar surface area (TPSA) is 29.1 Å². The lowest BCUT2D eigenvalue weighted by molar-refractivity contribution is 0.0953. The Morgan fingerprint density at radius 1 is 1.20 bits per heavy atom. The number of carbonyl (C=O) groups excluding carboxylic acids is 1. The minimum Gasteiger partial charge on any atom is -0.350 e. The summed E-state index contributed by atoms with van der Waals surface area (Å²) in [6.45, 7) is 0.344. The molecule has 5 heteroatoms. The van der Waals surface area contributed by atoms with Crippen molar-refractivity contribution in [3.8, 4) is 0 Å². The number of amides is 1. The molecule has 2 aromatic carbocycles. The molecule has 1 N–H and O–H groups in total. The van der Waals surface area contributed by atoms with Crippen molar-refractivity contribution in [3.05, 3.63) is 69.2 Å². The van der Waals surface area contributed by atoms with Crippen molar-refractivity contribution in [1.29, 1.82) is 0 Å². The summed E-state index contributed by atoms with van der Waals surface area (Å²) in [4.78, 5) is 12.0. The van der Waals surface area contributed by atoms with E-state index in [1.54, 1.807) is 18.2 Å². The van der Waals surface area contributed by atoms with Gasteiger partial charge in [0.2, 0.25) is 0 Å². The van der Waals surface area contributed by atoms with E-state index in [0.717, 1.165) is 10.0 Å². The lowest BCUT2D eigenvalue weighted by Crippen LogP contribution is -2.27. The molecule has 0 aliphatic heterocycles. The van der Waals surface area contributed by atoms with Crippen molar-refractivity contribution in [2.24, 2.45) is 0 Å². The molecule has 0 heterocycles. The second kappa shape index (κ2) is 7.11. The lowest BCUT2D eigenvalue weighted by atomic mass is 10.1. The second-order valence-corrected chi connectivity index (χ2v) is 6.06. The number of carbonyl (C=O) groups is 1. The third-order valence-electron chi connectivity index (χ3n) is 2.78. The Hall–Kier alpha value is -1.03. The van der Waals surface area contributed by atoms with E-state index >= 15 is 0 Å². The van der Waals surface area contributed by atoms with Crippen LogP contribution in [0.1, 0.15) is 21.3 Å². The van der Waals surface area contributed by atoms with Crippen LogP contribution in [0.5, 0.6) is 0 Å². The summed E-state index contributed by atoms with van der Waals surface area (Å²) < 4.78 is 0.832. The fourth-order valence-corrected chi connectivity index (χ4v) is 2.71. The molecule has 0 aliphatic carbocycles. The van der Waals surface area contributed by atoms with Crippen LogP contribution in [0.3, 0.4) is 0 Å². The quantitative estimate of drug-likeness (QED) is 0.766. The predicted molar refractivity (Wildman–Crippen MR) is 86.5 cm³/mol. The number of halogens is 3. The molecule has 0 saturated heterocycles. The van der Waals surface area contributed by atoms with E-state index in [1.807, 2.05) is 30.3 Å². The molecule has 0 aromatic heterocycles. The van der Waals surface area contributed by atoms with E-state index in [-0.39, 0.29) is 11.3 Å². The van der Waals surface area contributed by atoms with Gasteiger partial charge in [0.1, 0.15) is 0 Å². The molecule has 2 aromatic rings. The van der Waals surface area contributed by atoms with Gasteiger partial charge in [-0.25, -0.2) is 0 Å². The molecule has 20 heavy (non-hydrogen) atoms. The Bertz CT molecular complexity index is 604. The van der Waals surface area contributed by atoms with Gasteiger partial charge in [0, 0.05) is 11.0 Å². The Kier molecular flexibility index (Phi) is 5.46. The van der Waals surface area contributed by atoms with Gasteiger partial charge in [-0.1, -0.05) is 57.9 Å². The Balaban J connectivity index is 1.99. The van der Waals surface area contributed by atoms with Gasteiger partial charge in [-0.2, -0.15) is 0 Å². The molecule has 0 bridgehead atoms. The van der Waals surface area contributed by atoms with E-state index < -0.39 is 0 Å². The molecule has 2 rings (SSSR count). The Morgan fingerprint density at radius 3 is 2.55 bits per heavy atom. The fourth-order valence-electron chi connectivity index (χ4n) is 1.73. The highest BCUT2D eigenvalue weighted by Gasteiger charge is 2.13. The highest BCUT2D eigenvalue weighted by atomic mass is 79.9. The summed E-state index contributed by atoms with van der Waals surface area (Å²) >= 11 is 15.6. The maximum atomic E-state index is 12.0. The zero-order valence-corrected chi connectivity index (χ0v) is 13.5. The van der Waals surface area contributed by atoms with Crippen molar-refractivity contribution in [1.82, 2.24) is 5.32 Å². The van der Waals surface area contributed by atoms with E-state index in [0.29, 0.717) is 17.1 Å². The summed E-state index contributed by atoms with van der Waals surface area (Å²) in [5.74, 6) is -0.232. The van der Waals surface area contributed by atoms with Gasteiger partial charge in [0.05, 0.1) is 16.0 Å². The van der Waals surface area contributed by atoms with Crippen LogP contribution in [-0.4, -0.2) is 12.5 Å². The van der Waals surface area contributed by atoms with Gasteiger partial charge in [-0.3, -0.25) is 4.79 Å². The van der Waals surface area contributed by atoms with Gasteiger partial charge < -0.3 is 5.32 Å². The van der Waals surface area contributed by atoms with Crippen LogP contribution in [0.15, 0.2) is 53.0 Å². The van der Waals surface area contributed by atoms with Crippen molar-refractivity contribution in [2.75, 3.05) is 6.54 Å². The maximum Gasteiger partial charge on any atom is 0.252 e. The summed E-state index contributed by atoms with van der Waals surface area (Å²) in [6, 6.07) is 14.7.